The number of halogens is 2. The molecule has 0 fully saturated rings. The van der Waals surface area contributed by atoms with Gasteiger partial charge >= 0.3 is 0 Å². The molecule has 2 nitrogen and oxygen atoms in total. The molecule has 2 aromatic rings. The molecule has 0 spiro atoms. The zero-order chi connectivity index (χ0) is 14.7. The molecule has 20 heavy (non-hydrogen) atoms. The molecule has 0 saturated heterocycles. The number of carbonyl (C=O) groups excluding carboxylic acids is 1. The van der Waals surface area contributed by atoms with Gasteiger partial charge < -0.3 is 4.90 Å². The molecule has 0 aliphatic heterocycles. The minimum absolute atomic E-state index is 0.277. The Labute approximate surface area is 116 Å². The van der Waals surface area contributed by atoms with Crippen LogP contribution in [-0.4, -0.2) is 12.5 Å². The zero-order valence-corrected chi connectivity index (χ0v) is 11.4. The van der Waals surface area contributed by atoms with E-state index in [1.54, 1.807) is 19.1 Å². The minimum atomic E-state index is -0.411. The van der Waals surface area contributed by atoms with Crippen LogP contribution in [0.2, 0.25) is 0 Å². The van der Waals surface area contributed by atoms with Gasteiger partial charge in [0, 0.05) is 17.8 Å². The van der Waals surface area contributed by atoms with Crippen LogP contribution in [0.3, 0.4) is 0 Å². The van der Waals surface area contributed by atoms with E-state index in [1.165, 1.54) is 35.2 Å². The fraction of sp³-hybridized carbons (Fsp3) is 0.188. The van der Waals surface area contributed by atoms with Crippen molar-refractivity contribution >= 4 is 11.6 Å². The molecule has 0 unspecified atom stereocenters. The van der Waals surface area contributed by atoms with E-state index < -0.39 is 5.82 Å². The highest BCUT2D eigenvalue weighted by molar-refractivity contribution is 6.06. The molecule has 0 aliphatic carbocycles. The molecule has 4 heteroatoms. The van der Waals surface area contributed by atoms with Crippen LogP contribution in [0.25, 0.3) is 0 Å². The summed E-state index contributed by atoms with van der Waals surface area (Å²) in [5, 5.41) is 0. The van der Waals surface area contributed by atoms with Crippen LogP contribution in [0.5, 0.6) is 0 Å². The van der Waals surface area contributed by atoms with Crippen LogP contribution >= 0.6 is 0 Å². The van der Waals surface area contributed by atoms with Gasteiger partial charge in [0.15, 0.2) is 0 Å². The van der Waals surface area contributed by atoms with Gasteiger partial charge in [0.05, 0.1) is 0 Å². The molecule has 0 heterocycles. The Morgan fingerprint density at radius 1 is 1.10 bits per heavy atom. The van der Waals surface area contributed by atoms with E-state index >= 15 is 0 Å². The van der Waals surface area contributed by atoms with Crippen molar-refractivity contribution < 1.29 is 13.6 Å². The lowest BCUT2D eigenvalue weighted by Gasteiger charge is -2.21. The highest BCUT2D eigenvalue weighted by Crippen LogP contribution is 2.19. The lowest BCUT2D eigenvalue weighted by Crippen LogP contribution is -2.30. The average Bonchev–Trinajstić information content (AvgIpc) is 2.44. The number of amides is 1. The van der Waals surface area contributed by atoms with Crippen molar-refractivity contribution in [2.24, 2.45) is 0 Å². The summed E-state index contributed by atoms with van der Waals surface area (Å²) in [5.74, 6) is -1.08. The molecule has 0 atom stereocenters. The molecule has 104 valence electrons. The third-order valence-electron chi connectivity index (χ3n) is 3.12. The molecule has 0 bridgehead atoms. The number of carbonyl (C=O) groups is 1. The number of anilines is 1. The fourth-order valence-corrected chi connectivity index (χ4v) is 1.95. The standard InChI is InChI=1S/C16H15F2NO/c1-3-19(14-8-6-13(17)7-9-14)16(20)12-5-4-11(2)15(18)10-12/h4-10H,3H2,1-2H3. The molecule has 0 aliphatic rings. The smallest absolute Gasteiger partial charge is 0.258 e. The van der Waals surface area contributed by atoms with E-state index in [0.29, 0.717) is 17.8 Å². The summed E-state index contributed by atoms with van der Waals surface area (Å²) in [6, 6.07) is 10.0. The predicted molar refractivity (Wildman–Crippen MR) is 74.9 cm³/mol. The third kappa shape index (κ3) is 2.85. The molecule has 0 aromatic heterocycles. The number of benzene rings is 2. The number of rotatable bonds is 3. The molecular formula is C16H15F2NO. The van der Waals surface area contributed by atoms with Crippen molar-refractivity contribution in [3.63, 3.8) is 0 Å². The van der Waals surface area contributed by atoms with Gasteiger partial charge in [-0.05, 0) is 55.8 Å². The molecule has 2 aromatic carbocycles. The van der Waals surface area contributed by atoms with Gasteiger partial charge in [-0.3, -0.25) is 4.79 Å². The summed E-state index contributed by atoms with van der Waals surface area (Å²) in [6.45, 7) is 3.87. The average molecular weight is 275 g/mol. The first-order valence-corrected chi connectivity index (χ1v) is 6.36. The number of hydrogen-bond acceptors (Lipinski definition) is 1. The summed E-state index contributed by atoms with van der Waals surface area (Å²) in [6.07, 6.45) is 0. The molecule has 0 N–H and O–H groups in total. The summed E-state index contributed by atoms with van der Waals surface area (Å²) >= 11 is 0. The number of aryl methyl sites for hydroxylation is 1. The van der Waals surface area contributed by atoms with Crippen molar-refractivity contribution in [3.8, 4) is 0 Å². The van der Waals surface area contributed by atoms with Crippen LogP contribution in [0.15, 0.2) is 42.5 Å². The van der Waals surface area contributed by atoms with Gasteiger partial charge in [-0.25, -0.2) is 8.78 Å². The Morgan fingerprint density at radius 3 is 2.30 bits per heavy atom. The Balaban J connectivity index is 2.33. The topological polar surface area (TPSA) is 20.3 Å². The highest BCUT2D eigenvalue weighted by Gasteiger charge is 2.17. The molecule has 0 saturated carbocycles. The molecule has 0 radical (unpaired) electrons. The van der Waals surface area contributed by atoms with Crippen LogP contribution in [0.1, 0.15) is 22.8 Å². The quantitative estimate of drug-likeness (QED) is 0.830. The number of hydrogen-bond donors (Lipinski definition) is 0. The second kappa shape index (κ2) is 5.82. The second-order valence-electron chi connectivity index (χ2n) is 4.49. The maximum atomic E-state index is 13.5. The van der Waals surface area contributed by atoms with Crippen molar-refractivity contribution in [1.82, 2.24) is 0 Å². The van der Waals surface area contributed by atoms with Crippen molar-refractivity contribution in [2.75, 3.05) is 11.4 Å². The van der Waals surface area contributed by atoms with Crippen LogP contribution in [0, 0.1) is 18.6 Å². The van der Waals surface area contributed by atoms with E-state index in [-0.39, 0.29) is 17.3 Å². The first-order chi connectivity index (χ1) is 9.52. The van der Waals surface area contributed by atoms with Gasteiger partial charge in [-0.15, -0.1) is 0 Å². The lowest BCUT2D eigenvalue weighted by molar-refractivity contribution is 0.0988. The molecule has 1 amide bonds. The van der Waals surface area contributed by atoms with Crippen molar-refractivity contribution in [2.45, 2.75) is 13.8 Å². The third-order valence-corrected chi connectivity index (χ3v) is 3.12. The van der Waals surface area contributed by atoms with Gasteiger partial charge in [-0.1, -0.05) is 6.07 Å². The Morgan fingerprint density at radius 2 is 1.75 bits per heavy atom. The minimum Gasteiger partial charge on any atom is -0.309 e. The van der Waals surface area contributed by atoms with Crippen molar-refractivity contribution in [1.29, 1.82) is 0 Å². The van der Waals surface area contributed by atoms with Crippen molar-refractivity contribution in [3.05, 3.63) is 65.2 Å². The van der Waals surface area contributed by atoms with Gasteiger partial charge in [0.2, 0.25) is 0 Å². The Bertz CT molecular complexity index is 623. The van der Waals surface area contributed by atoms with E-state index in [2.05, 4.69) is 0 Å². The normalized spacial score (nSPS) is 10.4. The summed E-state index contributed by atoms with van der Waals surface area (Å²) < 4.78 is 26.5. The van der Waals surface area contributed by atoms with E-state index in [1.807, 2.05) is 6.92 Å². The maximum Gasteiger partial charge on any atom is 0.258 e. The first kappa shape index (κ1) is 14.2. The van der Waals surface area contributed by atoms with Crippen LogP contribution in [0.4, 0.5) is 14.5 Å². The zero-order valence-electron chi connectivity index (χ0n) is 11.4. The highest BCUT2D eigenvalue weighted by atomic mass is 19.1. The summed E-state index contributed by atoms with van der Waals surface area (Å²) in [4.78, 5) is 13.9. The fourth-order valence-electron chi connectivity index (χ4n) is 1.95. The monoisotopic (exact) mass is 275 g/mol. The summed E-state index contributed by atoms with van der Waals surface area (Å²) in [7, 11) is 0. The second-order valence-corrected chi connectivity index (χ2v) is 4.49. The van der Waals surface area contributed by atoms with E-state index in [0.717, 1.165) is 0 Å². The number of nitrogens with zero attached hydrogens (tertiary/aromatic N) is 1. The first-order valence-electron chi connectivity index (χ1n) is 6.36. The lowest BCUT2D eigenvalue weighted by atomic mass is 10.1. The van der Waals surface area contributed by atoms with Crippen LogP contribution in [-0.2, 0) is 0 Å². The SMILES string of the molecule is CCN(C(=O)c1ccc(C)c(F)c1)c1ccc(F)cc1. The van der Waals surface area contributed by atoms with Gasteiger partial charge in [0.1, 0.15) is 11.6 Å². The molecule has 2 rings (SSSR count). The van der Waals surface area contributed by atoms with E-state index in [4.69, 9.17) is 0 Å². The van der Waals surface area contributed by atoms with Gasteiger partial charge in [0.25, 0.3) is 5.91 Å². The molecular weight excluding hydrogens is 260 g/mol. The Kier molecular flexibility index (Phi) is 4.13. The van der Waals surface area contributed by atoms with E-state index in [9.17, 15) is 13.6 Å². The predicted octanol–water partition coefficient (Wildman–Crippen LogP) is 3.94. The largest absolute Gasteiger partial charge is 0.309 e. The van der Waals surface area contributed by atoms with Gasteiger partial charge in [-0.2, -0.15) is 0 Å². The Hall–Kier alpha value is -2.23. The van der Waals surface area contributed by atoms with Crippen LogP contribution < -0.4 is 4.90 Å². The summed E-state index contributed by atoms with van der Waals surface area (Å²) in [5.41, 5.74) is 1.35. The maximum absolute atomic E-state index is 13.5.